The van der Waals surface area contributed by atoms with Gasteiger partial charge in [-0.1, -0.05) is 29.8 Å². The number of pyridine rings is 1. The third-order valence-corrected chi connectivity index (χ3v) is 5.37. The van der Waals surface area contributed by atoms with Crippen molar-refractivity contribution in [1.29, 1.82) is 0 Å². The van der Waals surface area contributed by atoms with Crippen LogP contribution in [0.1, 0.15) is 21.5 Å². The highest BCUT2D eigenvalue weighted by Crippen LogP contribution is 2.29. The van der Waals surface area contributed by atoms with Crippen LogP contribution < -0.4 is 9.64 Å². The Morgan fingerprint density at radius 1 is 1.00 bits per heavy atom. The van der Waals surface area contributed by atoms with Crippen molar-refractivity contribution in [2.75, 3.05) is 38.2 Å². The number of piperazine rings is 1. The van der Waals surface area contributed by atoms with Gasteiger partial charge in [-0.05, 0) is 43.7 Å². The monoisotopic (exact) mass is 375 g/mol. The Morgan fingerprint density at radius 2 is 1.75 bits per heavy atom. The molecule has 5 heteroatoms. The standard InChI is InChI=1S/C23H25N3O2/c1-16-6-4-7-18(14-16)23(27)26-12-10-25(11-13-26)21-15-17(2)19-8-5-9-20(28-3)22(19)24-21/h4-9,14-15H,10-13H2,1-3H3. The van der Waals surface area contributed by atoms with Crippen LogP contribution in [0.5, 0.6) is 5.75 Å². The number of hydrogen-bond acceptors (Lipinski definition) is 4. The summed E-state index contributed by atoms with van der Waals surface area (Å²) in [6, 6.07) is 15.9. The molecular formula is C23H25N3O2. The third-order valence-electron chi connectivity index (χ3n) is 5.37. The summed E-state index contributed by atoms with van der Waals surface area (Å²) in [5.41, 5.74) is 3.93. The van der Waals surface area contributed by atoms with Crippen LogP contribution in [0.15, 0.2) is 48.5 Å². The van der Waals surface area contributed by atoms with Crippen LogP contribution in [0.3, 0.4) is 0 Å². The lowest BCUT2D eigenvalue weighted by molar-refractivity contribution is 0.0746. The highest BCUT2D eigenvalue weighted by molar-refractivity contribution is 5.94. The van der Waals surface area contributed by atoms with Gasteiger partial charge in [0.1, 0.15) is 17.1 Å². The molecule has 4 rings (SSSR count). The zero-order valence-electron chi connectivity index (χ0n) is 16.6. The van der Waals surface area contributed by atoms with Gasteiger partial charge < -0.3 is 14.5 Å². The number of hydrogen-bond donors (Lipinski definition) is 0. The van der Waals surface area contributed by atoms with Gasteiger partial charge in [0, 0.05) is 37.1 Å². The van der Waals surface area contributed by atoms with Gasteiger partial charge in [0.05, 0.1) is 7.11 Å². The molecule has 28 heavy (non-hydrogen) atoms. The Balaban J connectivity index is 1.53. The van der Waals surface area contributed by atoms with E-state index in [2.05, 4.69) is 24.0 Å². The predicted molar refractivity (Wildman–Crippen MR) is 112 cm³/mol. The SMILES string of the molecule is COc1cccc2c(C)cc(N3CCN(C(=O)c4cccc(C)c4)CC3)nc12. The van der Waals surface area contributed by atoms with E-state index in [1.54, 1.807) is 7.11 Å². The number of aromatic nitrogens is 1. The first kappa shape index (κ1) is 18.3. The molecule has 144 valence electrons. The highest BCUT2D eigenvalue weighted by Gasteiger charge is 2.23. The van der Waals surface area contributed by atoms with E-state index in [0.29, 0.717) is 13.1 Å². The number of amides is 1. The fourth-order valence-corrected chi connectivity index (χ4v) is 3.80. The van der Waals surface area contributed by atoms with E-state index < -0.39 is 0 Å². The molecule has 0 spiro atoms. The van der Waals surface area contributed by atoms with Crippen LogP contribution in [0.2, 0.25) is 0 Å². The van der Waals surface area contributed by atoms with Crippen molar-refractivity contribution in [1.82, 2.24) is 9.88 Å². The van der Waals surface area contributed by atoms with Crippen molar-refractivity contribution in [3.8, 4) is 5.75 Å². The molecule has 0 N–H and O–H groups in total. The van der Waals surface area contributed by atoms with Gasteiger partial charge >= 0.3 is 0 Å². The van der Waals surface area contributed by atoms with Crippen LogP contribution in [0.4, 0.5) is 5.82 Å². The number of ether oxygens (including phenoxy) is 1. The molecule has 1 saturated heterocycles. The minimum absolute atomic E-state index is 0.104. The van der Waals surface area contributed by atoms with Gasteiger partial charge in [-0.3, -0.25) is 4.79 Å². The minimum Gasteiger partial charge on any atom is -0.494 e. The van der Waals surface area contributed by atoms with E-state index in [1.165, 1.54) is 5.56 Å². The van der Waals surface area contributed by atoms with Crippen LogP contribution in [0.25, 0.3) is 10.9 Å². The molecule has 2 heterocycles. The quantitative estimate of drug-likeness (QED) is 0.698. The van der Waals surface area contributed by atoms with E-state index in [4.69, 9.17) is 9.72 Å². The molecule has 3 aromatic rings. The van der Waals surface area contributed by atoms with Crippen LogP contribution in [0, 0.1) is 13.8 Å². The maximum Gasteiger partial charge on any atom is 0.253 e. The van der Waals surface area contributed by atoms with Crippen LogP contribution in [-0.4, -0.2) is 49.1 Å². The van der Waals surface area contributed by atoms with Gasteiger partial charge in [0.25, 0.3) is 5.91 Å². The molecule has 0 bridgehead atoms. The lowest BCUT2D eigenvalue weighted by Gasteiger charge is -2.35. The molecule has 1 fully saturated rings. The molecule has 1 aromatic heterocycles. The van der Waals surface area contributed by atoms with Crippen LogP contribution in [-0.2, 0) is 0 Å². The van der Waals surface area contributed by atoms with Gasteiger partial charge in [-0.15, -0.1) is 0 Å². The lowest BCUT2D eigenvalue weighted by Crippen LogP contribution is -2.49. The summed E-state index contributed by atoms with van der Waals surface area (Å²) in [5.74, 6) is 1.83. The maximum absolute atomic E-state index is 12.8. The summed E-state index contributed by atoms with van der Waals surface area (Å²) in [6.45, 7) is 7.03. The van der Waals surface area contributed by atoms with Crippen molar-refractivity contribution in [3.63, 3.8) is 0 Å². The largest absolute Gasteiger partial charge is 0.494 e. The average Bonchev–Trinajstić information content (AvgIpc) is 2.73. The van der Waals surface area contributed by atoms with Crippen molar-refractivity contribution in [2.45, 2.75) is 13.8 Å². The third kappa shape index (κ3) is 3.40. The zero-order valence-corrected chi connectivity index (χ0v) is 16.6. The number of carbonyl (C=O) groups excluding carboxylic acids is 1. The maximum atomic E-state index is 12.8. The van der Waals surface area contributed by atoms with E-state index in [0.717, 1.165) is 46.7 Å². The number of para-hydroxylation sites is 1. The Hall–Kier alpha value is -3.08. The van der Waals surface area contributed by atoms with E-state index in [9.17, 15) is 4.79 Å². The van der Waals surface area contributed by atoms with E-state index in [-0.39, 0.29) is 5.91 Å². The number of carbonyl (C=O) groups is 1. The number of aryl methyl sites for hydroxylation is 2. The summed E-state index contributed by atoms with van der Waals surface area (Å²) >= 11 is 0. The van der Waals surface area contributed by atoms with Gasteiger partial charge in [-0.25, -0.2) is 4.98 Å². The molecule has 0 atom stereocenters. The van der Waals surface area contributed by atoms with Gasteiger partial charge in [-0.2, -0.15) is 0 Å². The van der Waals surface area contributed by atoms with Gasteiger partial charge in [0.15, 0.2) is 0 Å². The Kier molecular flexibility index (Phi) is 4.90. The molecule has 1 aliphatic heterocycles. The highest BCUT2D eigenvalue weighted by atomic mass is 16.5. The smallest absolute Gasteiger partial charge is 0.253 e. The Labute approximate surface area is 165 Å². The second-order valence-corrected chi connectivity index (χ2v) is 7.30. The van der Waals surface area contributed by atoms with E-state index >= 15 is 0 Å². The zero-order chi connectivity index (χ0) is 19.7. The molecule has 5 nitrogen and oxygen atoms in total. The van der Waals surface area contributed by atoms with E-state index in [1.807, 2.05) is 48.2 Å². The number of benzene rings is 2. The fourth-order valence-electron chi connectivity index (χ4n) is 3.80. The summed E-state index contributed by atoms with van der Waals surface area (Å²) in [4.78, 5) is 21.8. The molecule has 2 aromatic carbocycles. The number of anilines is 1. The topological polar surface area (TPSA) is 45.7 Å². The second kappa shape index (κ2) is 7.50. The first-order valence-corrected chi connectivity index (χ1v) is 9.62. The Bertz CT molecular complexity index is 1020. The molecule has 0 aliphatic carbocycles. The van der Waals surface area contributed by atoms with Gasteiger partial charge in [0.2, 0.25) is 0 Å². The summed E-state index contributed by atoms with van der Waals surface area (Å²) in [6.07, 6.45) is 0. The van der Waals surface area contributed by atoms with Crippen molar-refractivity contribution in [2.24, 2.45) is 0 Å². The number of methoxy groups -OCH3 is 1. The first-order valence-electron chi connectivity index (χ1n) is 9.62. The minimum atomic E-state index is 0.104. The normalized spacial score (nSPS) is 14.4. The Morgan fingerprint density at radius 3 is 2.46 bits per heavy atom. The number of nitrogens with zero attached hydrogens (tertiary/aromatic N) is 3. The van der Waals surface area contributed by atoms with Crippen molar-refractivity contribution < 1.29 is 9.53 Å². The fraction of sp³-hybridized carbons (Fsp3) is 0.304. The predicted octanol–water partition coefficient (Wildman–Crippen LogP) is 3.82. The molecule has 0 radical (unpaired) electrons. The second-order valence-electron chi connectivity index (χ2n) is 7.30. The summed E-state index contributed by atoms with van der Waals surface area (Å²) in [7, 11) is 1.67. The number of fused-ring (bicyclic) bond motifs is 1. The van der Waals surface area contributed by atoms with Crippen molar-refractivity contribution in [3.05, 3.63) is 65.2 Å². The molecular weight excluding hydrogens is 350 g/mol. The first-order chi connectivity index (χ1) is 13.6. The number of rotatable bonds is 3. The van der Waals surface area contributed by atoms with Crippen LogP contribution >= 0.6 is 0 Å². The lowest BCUT2D eigenvalue weighted by atomic mass is 10.1. The molecule has 0 saturated carbocycles. The molecule has 0 unspecified atom stereocenters. The molecule has 1 amide bonds. The summed E-state index contributed by atoms with van der Waals surface area (Å²) < 4.78 is 5.50. The van der Waals surface area contributed by atoms with Crippen molar-refractivity contribution >= 4 is 22.6 Å². The molecule has 1 aliphatic rings. The average molecular weight is 375 g/mol. The summed E-state index contributed by atoms with van der Waals surface area (Å²) in [5, 5.41) is 1.11.